The summed E-state index contributed by atoms with van der Waals surface area (Å²) < 4.78 is 5.61. The maximum Gasteiger partial charge on any atom is 0.0535 e. The Labute approximate surface area is 190 Å². The highest BCUT2D eigenvalue weighted by Gasteiger charge is 2.30. The first kappa shape index (κ1) is 24.7. The van der Waals surface area contributed by atoms with E-state index in [1.165, 1.54) is 69.3 Å². The lowest BCUT2D eigenvalue weighted by Crippen LogP contribution is -2.42. The minimum absolute atomic E-state index is 0.640. The molecule has 31 heavy (non-hydrogen) atoms. The SMILES string of the molecule is CNCCN(C)Cc1cn[nH]c1C1CCC(N(CCC(C)C)CC2CCOCC2)CC1. The Kier molecular flexibility index (Phi) is 10.3. The summed E-state index contributed by atoms with van der Waals surface area (Å²) in [5, 5.41) is 11.0. The molecule has 6 heteroatoms. The Hall–Kier alpha value is -0.950. The lowest BCUT2D eigenvalue weighted by Gasteiger charge is -2.39. The van der Waals surface area contributed by atoms with Crippen LogP contribution in [0.3, 0.4) is 0 Å². The van der Waals surface area contributed by atoms with Crippen LogP contribution in [-0.2, 0) is 11.3 Å². The Balaban J connectivity index is 1.54. The lowest BCUT2D eigenvalue weighted by molar-refractivity contribution is 0.0388. The van der Waals surface area contributed by atoms with Crippen LogP contribution in [0.4, 0.5) is 0 Å². The average Bonchev–Trinajstić information content (AvgIpc) is 3.24. The Morgan fingerprint density at radius 2 is 1.87 bits per heavy atom. The van der Waals surface area contributed by atoms with Crippen molar-refractivity contribution in [3.05, 3.63) is 17.5 Å². The second-order valence-corrected chi connectivity index (χ2v) is 10.4. The standard InChI is InChI=1S/C25H47N5O/c1-20(2)9-13-30(18-21-10-15-31-16-11-21)24-7-5-22(6-8-24)25-23(17-27-28-25)19-29(4)14-12-26-3/h17,20-22,24,26H,5-16,18-19H2,1-4H3,(H,27,28). The van der Waals surface area contributed by atoms with Crippen molar-refractivity contribution in [1.29, 1.82) is 0 Å². The molecule has 0 amide bonds. The molecule has 0 spiro atoms. The van der Waals surface area contributed by atoms with E-state index in [2.05, 4.69) is 52.4 Å². The van der Waals surface area contributed by atoms with Crippen LogP contribution in [0.1, 0.15) is 76.0 Å². The van der Waals surface area contributed by atoms with Crippen LogP contribution < -0.4 is 5.32 Å². The molecule has 2 aliphatic rings. The van der Waals surface area contributed by atoms with Gasteiger partial charge in [-0.2, -0.15) is 5.10 Å². The van der Waals surface area contributed by atoms with Gasteiger partial charge in [-0.15, -0.1) is 0 Å². The third-order valence-corrected chi connectivity index (χ3v) is 7.38. The quantitative estimate of drug-likeness (QED) is 0.524. The highest BCUT2D eigenvalue weighted by molar-refractivity contribution is 5.21. The first-order chi connectivity index (χ1) is 15.1. The van der Waals surface area contributed by atoms with E-state index in [0.717, 1.165) is 50.7 Å². The topological polar surface area (TPSA) is 56.4 Å². The zero-order valence-corrected chi connectivity index (χ0v) is 20.5. The van der Waals surface area contributed by atoms with Crippen molar-refractivity contribution in [2.24, 2.45) is 11.8 Å². The molecule has 178 valence electrons. The van der Waals surface area contributed by atoms with Gasteiger partial charge in [0.05, 0.1) is 6.20 Å². The number of aromatic amines is 1. The highest BCUT2D eigenvalue weighted by atomic mass is 16.5. The number of nitrogens with zero attached hydrogens (tertiary/aromatic N) is 3. The normalized spacial score (nSPS) is 23.3. The summed E-state index contributed by atoms with van der Waals surface area (Å²) in [7, 11) is 4.22. The third kappa shape index (κ3) is 7.85. The van der Waals surface area contributed by atoms with Gasteiger partial charge in [0.1, 0.15) is 0 Å². The van der Waals surface area contributed by atoms with Crippen LogP contribution in [-0.4, -0.2) is 79.5 Å². The Morgan fingerprint density at radius 1 is 1.13 bits per heavy atom. The zero-order chi connectivity index (χ0) is 22.1. The molecule has 1 aliphatic heterocycles. The summed E-state index contributed by atoms with van der Waals surface area (Å²) in [6.45, 7) is 12.2. The smallest absolute Gasteiger partial charge is 0.0535 e. The van der Waals surface area contributed by atoms with Gasteiger partial charge in [0, 0.05) is 62.6 Å². The molecule has 6 nitrogen and oxygen atoms in total. The monoisotopic (exact) mass is 433 g/mol. The van der Waals surface area contributed by atoms with Gasteiger partial charge < -0.3 is 19.9 Å². The molecule has 3 rings (SSSR count). The van der Waals surface area contributed by atoms with Gasteiger partial charge in [0.15, 0.2) is 0 Å². The largest absolute Gasteiger partial charge is 0.381 e. The third-order valence-electron chi connectivity index (χ3n) is 7.38. The van der Waals surface area contributed by atoms with E-state index in [9.17, 15) is 0 Å². The van der Waals surface area contributed by atoms with E-state index in [1.54, 1.807) is 0 Å². The van der Waals surface area contributed by atoms with Gasteiger partial charge in [-0.05, 0) is 77.4 Å². The van der Waals surface area contributed by atoms with Crippen molar-refractivity contribution in [3.8, 4) is 0 Å². The maximum atomic E-state index is 5.61. The number of nitrogens with one attached hydrogen (secondary N) is 2. The first-order valence-corrected chi connectivity index (χ1v) is 12.7. The van der Waals surface area contributed by atoms with Gasteiger partial charge in [0.2, 0.25) is 0 Å². The molecular formula is C25H47N5O. The van der Waals surface area contributed by atoms with Crippen molar-refractivity contribution < 1.29 is 4.74 Å². The van der Waals surface area contributed by atoms with Crippen molar-refractivity contribution in [3.63, 3.8) is 0 Å². The van der Waals surface area contributed by atoms with E-state index >= 15 is 0 Å². The molecule has 1 aromatic rings. The Bertz CT molecular complexity index is 605. The Morgan fingerprint density at radius 3 is 2.55 bits per heavy atom. The molecule has 1 aliphatic carbocycles. The van der Waals surface area contributed by atoms with Crippen molar-refractivity contribution in [1.82, 2.24) is 25.3 Å². The predicted molar refractivity (Wildman–Crippen MR) is 128 cm³/mol. The van der Waals surface area contributed by atoms with Gasteiger partial charge in [0.25, 0.3) is 0 Å². The number of ether oxygens (including phenoxy) is 1. The molecule has 1 saturated heterocycles. The van der Waals surface area contributed by atoms with Gasteiger partial charge in [-0.25, -0.2) is 0 Å². The van der Waals surface area contributed by atoms with Gasteiger partial charge in [-0.1, -0.05) is 13.8 Å². The molecule has 2 N–H and O–H groups in total. The highest BCUT2D eigenvalue weighted by Crippen LogP contribution is 2.36. The average molecular weight is 434 g/mol. The fourth-order valence-electron chi connectivity index (χ4n) is 5.31. The van der Waals surface area contributed by atoms with Crippen LogP contribution in [0, 0.1) is 11.8 Å². The summed E-state index contributed by atoms with van der Waals surface area (Å²) in [5.41, 5.74) is 2.79. The second-order valence-electron chi connectivity index (χ2n) is 10.4. The number of rotatable bonds is 12. The summed E-state index contributed by atoms with van der Waals surface area (Å²) in [4.78, 5) is 5.24. The summed E-state index contributed by atoms with van der Waals surface area (Å²) >= 11 is 0. The molecule has 0 atom stereocenters. The van der Waals surface area contributed by atoms with Crippen LogP contribution in [0.2, 0.25) is 0 Å². The fraction of sp³-hybridized carbons (Fsp3) is 0.880. The number of hydrogen-bond acceptors (Lipinski definition) is 5. The van der Waals surface area contributed by atoms with Gasteiger partial charge in [-0.3, -0.25) is 5.10 Å². The van der Waals surface area contributed by atoms with Gasteiger partial charge >= 0.3 is 0 Å². The second kappa shape index (κ2) is 12.9. The van der Waals surface area contributed by atoms with E-state index in [4.69, 9.17) is 4.74 Å². The number of hydrogen-bond donors (Lipinski definition) is 2. The molecular weight excluding hydrogens is 386 g/mol. The summed E-state index contributed by atoms with van der Waals surface area (Å²) in [5.74, 6) is 2.24. The van der Waals surface area contributed by atoms with Crippen molar-refractivity contribution in [2.75, 3.05) is 53.5 Å². The molecule has 0 aromatic carbocycles. The molecule has 0 unspecified atom stereocenters. The molecule has 0 bridgehead atoms. The van der Waals surface area contributed by atoms with Crippen LogP contribution in [0.15, 0.2) is 6.20 Å². The van der Waals surface area contributed by atoms with E-state index in [1.807, 2.05) is 7.05 Å². The minimum atomic E-state index is 0.640. The summed E-state index contributed by atoms with van der Waals surface area (Å²) in [6, 6.07) is 0.752. The van der Waals surface area contributed by atoms with E-state index < -0.39 is 0 Å². The fourth-order valence-corrected chi connectivity index (χ4v) is 5.31. The van der Waals surface area contributed by atoms with E-state index in [-0.39, 0.29) is 0 Å². The number of H-pyrrole nitrogens is 1. The van der Waals surface area contributed by atoms with Crippen LogP contribution in [0.25, 0.3) is 0 Å². The molecule has 1 aromatic heterocycles. The predicted octanol–water partition coefficient (Wildman–Crippen LogP) is 3.86. The first-order valence-electron chi connectivity index (χ1n) is 12.7. The molecule has 2 heterocycles. The molecule has 0 radical (unpaired) electrons. The molecule has 1 saturated carbocycles. The van der Waals surface area contributed by atoms with Crippen LogP contribution in [0.5, 0.6) is 0 Å². The number of aromatic nitrogens is 2. The number of likely N-dealkylation sites (N-methyl/N-ethyl adjacent to an activating group) is 2. The zero-order valence-electron chi connectivity index (χ0n) is 20.5. The van der Waals surface area contributed by atoms with Crippen molar-refractivity contribution >= 4 is 0 Å². The maximum absolute atomic E-state index is 5.61. The lowest BCUT2D eigenvalue weighted by atomic mass is 9.82. The van der Waals surface area contributed by atoms with Crippen LogP contribution >= 0.6 is 0 Å². The van der Waals surface area contributed by atoms with E-state index in [0.29, 0.717) is 5.92 Å². The van der Waals surface area contributed by atoms with Crippen molar-refractivity contribution in [2.45, 2.75) is 77.3 Å². The summed E-state index contributed by atoms with van der Waals surface area (Å²) in [6.07, 6.45) is 11.1. The molecule has 2 fully saturated rings. The minimum Gasteiger partial charge on any atom is -0.381 e.